The number of ether oxygens (including phenoxy) is 1. The van der Waals surface area contributed by atoms with Gasteiger partial charge < -0.3 is 14.7 Å². The van der Waals surface area contributed by atoms with Crippen LogP contribution in [0.5, 0.6) is 5.75 Å². The van der Waals surface area contributed by atoms with E-state index in [0.29, 0.717) is 25.1 Å². The molecule has 2 atom stereocenters. The van der Waals surface area contributed by atoms with E-state index in [4.69, 9.17) is 4.74 Å². The summed E-state index contributed by atoms with van der Waals surface area (Å²) in [5.74, 6) is -1.19. The lowest BCUT2D eigenvalue weighted by molar-refractivity contribution is -0.141. The second-order valence-electron chi connectivity index (χ2n) is 7.01. The molecule has 2 aromatic rings. The molecule has 2 heterocycles. The predicted molar refractivity (Wildman–Crippen MR) is 99.8 cm³/mol. The summed E-state index contributed by atoms with van der Waals surface area (Å²) in [5.41, 5.74) is 3.79. The molecule has 1 aromatic carbocycles. The number of carboxylic acids is 1. The minimum absolute atomic E-state index is 0.0429. The number of aromatic nitrogens is 2. The van der Waals surface area contributed by atoms with E-state index >= 15 is 0 Å². The van der Waals surface area contributed by atoms with Crippen LogP contribution in [0.3, 0.4) is 0 Å². The zero-order valence-electron chi connectivity index (χ0n) is 15.9. The number of carboxylic acid groups (broad SMARTS) is 1. The van der Waals surface area contributed by atoms with Gasteiger partial charge in [0.1, 0.15) is 5.75 Å². The molecule has 27 heavy (non-hydrogen) atoms. The van der Waals surface area contributed by atoms with E-state index in [9.17, 15) is 14.7 Å². The molecule has 0 radical (unpaired) electrons. The van der Waals surface area contributed by atoms with Crippen LogP contribution in [-0.2, 0) is 16.0 Å². The van der Waals surface area contributed by atoms with Crippen molar-refractivity contribution in [3.8, 4) is 5.75 Å². The zero-order chi connectivity index (χ0) is 19.6. The van der Waals surface area contributed by atoms with Crippen LogP contribution >= 0.6 is 0 Å². The smallest absolute Gasteiger partial charge is 0.308 e. The summed E-state index contributed by atoms with van der Waals surface area (Å²) in [4.78, 5) is 26.1. The third-order valence-corrected chi connectivity index (χ3v) is 5.46. The average Bonchev–Trinajstić information content (AvgIpc) is 3.25. The topological polar surface area (TPSA) is 95.5 Å². The van der Waals surface area contributed by atoms with Crippen LogP contribution in [0.2, 0.25) is 0 Å². The van der Waals surface area contributed by atoms with Crippen molar-refractivity contribution in [2.75, 3.05) is 20.2 Å². The lowest BCUT2D eigenvalue weighted by Crippen LogP contribution is -2.30. The Labute approximate surface area is 158 Å². The molecule has 7 heteroatoms. The monoisotopic (exact) mass is 371 g/mol. The van der Waals surface area contributed by atoms with Gasteiger partial charge in [0.05, 0.1) is 18.7 Å². The Balaban J connectivity index is 1.73. The molecule has 0 unspecified atom stereocenters. The first-order chi connectivity index (χ1) is 12.9. The molecule has 1 fully saturated rings. The molecule has 0 bridgehead atoms. The maximum absolute atomic E-state index is 12.7. The summed E-state index contributed by atoms with van der Waals surface area (Å²) >= 11 is 0. The minimum atomic E-state index is -0.889. The summed E-state index contributed by atoms with van der Waals surface area (Å²) < 4.78 is 5.39. The zero-order valence-corrected chi connectivity index (χ0v) is 15.9. The number of aliphatic carboxylic acids is 1. The van der Waals surface area contributed by atoms with E-state index in [2.05, 4.69) is 10.2 Å². The van der Waals surface area contributed by atoms with E-state index in [1.54, 1.807) is 12.0 Å². The Morgan fingerprint density at radius 1 is 1.30 bits per heavy atom. The van der Waals surface area contributed by atoms with Gasteiger partial charge in [0.25, 0.3) is 0 Å². The molecule has 3 rings (SSSR count). The fourth-order valence-electron chi connectivity index (χ4n) is 3.71. The van der Waals surface area contributed by atoms with Crippen molar-refractivity contribution in [2.45, 2.75) is 32.6 Å². The maximum atomic E-state index is 12.7. The van der Waals surface area contributed by atoms with Gasteiger partial charge in [-0.2, -0.15) is 5.10 Å². The first-order valence-corrected chi connectivity index (χ1v) is 9.06. The molecule has 1 aliphatic rings. The number of aryl methyl sites for hydroxylation is 2. The number of methoxy groups -OCH3 is 1. The molecule has 1 amide bonds. The highest BCUT2D eigenvalue weighted by Crippen LogP contribution is 2.37. The van der Waals surface area contributed by atoms with Crippen LogP contribution in [0, 0.1) is 19.8 Å². The number of amides is 1. The second-order valence-corrected chi connectivity index (χ2v) is 7.01. The van der Waals surface area contributed by atoms with Crippen molar-refractivity contribution in [1.29, 1.82) is 0 Å². The molecule has 0 aliphatic carbocycles. The van der Waals surface area contributed by atoms with Gasteiger partial charge in [0.2, 0.25) is 5.91 Å². The largest absolute Gasteiger partial charge is 0.496 e. The second kappa shape index (κ2) is 7.82. The number of hydrogen-bond donors (Lipinski definition) is 2. The molecule has 144 valence electrons. The highest BCUT2D eigenvalue weighted by atomic mass is 16.5. The third kappa shape index (κ3) is 3.82. The van der Waals surface area contributed by atoms with Crippen LogP contribution < -0.4 is 4.74 Å². The van der Waals surface area contributed by atoms with Crippen molar-refractivity contribution in [1.82, 2.24) is 15.1 Å². The molecule has 1 aromatic heterocycles. The third-order valence-electron chi connectivity index (χ3n) is 5.46. The molecule has 1 aliphatic heterocycles. The fraction of sp³-hybridized carbons (Fsp3) is 0.450. The van der Waals surface area contributed by atoms with Gasteiger partial charge in [0.15, 0.2) is 0 Å². The highest BCUT2D eigenvalue weighted by Gasteiger charge is 2.41. The van der Waals surface area contributed by atoms with Gasteiger partial charge in [-0.15, -0.1) is 0 Å². The summed E-state index contributed by atoms with van der Waals surface area (Å²) in [7, 11) is 1.57. The highest BCUT2D eigenvalue weighted by molar-refractivity contribution is 5.80. The number of carbonyl (C=O) groups excluding carboxylic acids is 1. The van der Waals surface area contributed by atoms with Crippen molar-refractivity contribution < 1.29 is 19.4 Å². The van der Waals surface area contributed by atoms with Gasteiger partial charge in [-0.1, -0.05) is 18.2 Å². The Morgan fingerprint density at radius 2 is 2.04 bits per heavy atom. The number of nitrogens with zero attached hydrogens (tertiary/aromatic N) is 2. The molecular formula is C20H25N3O4. The summed E-state index contributed by atoms with van der Waals surface area (Å²) in [6.45, 7) is 4.53. The van der Waals surface area contributed by atoms with Crippen LogP contribution in [0.1, 0.15) is 34.9 Å². The minimum Gasteiger partial charge on any atom is -0.496 e. The van der Waals surface area contributed by atoms with Crippen LogP contribution in [0.4, 0.5) is 0 Å². The molecular weight excluding hydrogens is 346 g/mol. The fourth-order valence-corrected chi connectivity index (χ4v) is 3.71. The number of nitrogens with one attached hydrogen (secondary N) is 1. The summed E-state index contributed by atoms with van der Waals surface area (Å²) in [5, 5.41) is 16.8. The number of benzene rings is 1. The maximum Gasteiger partial charge on any atom is 0.308 e. The molecule has 7 nitrogen and oxygen atoms in total. The number of H-pyrrole nitrogens is 1. The Hall–Kier alpha value is -2.83. The quantitative estimate of drug-likeness (QED) is 0.812. The SMILES string of the molecule is COc1ccccc1[C@@H]1CN(C(=O)CCc2n[nH]c(C)c2C)C[C@H]1C(=O)O. The summed E-state index contributed by atoms with van der Waals surface area (Å²) in [6.07, 6.45) is 0.860. The Morgan fingerprint density at radius 3 is 2.67 bits per heavy atom. The van der Waals surface area contributed by atoms with Gasteiger partial charge in [-0.3, -0.25) is 14.7 Å². The van der Waals surface area contributed by atoms with Crippen molar-refractivity contribution in [3.05, 3.63) is 46.8 Å². The predicted octanol–water partition coefficient (Wildman–Crippen LogP) is 2.29. The average molecular weight is 371 g/mol. The van der Waals surface area contributed by atoms with E-state index in [0.717, 1.165) is 22.5 Å². The lowest BCUT2D eigenvalue weighted by atomic mass is 9.88. The standard InChI is InChI=1S/C20H25N3O4/c1-12-13(2)21-22-17(12)8-9-19(24)23-10-15(16(11-23)20(25)26)14-6-4-5-7-18(14)27-3/h4-7,15-16H,8-11H2,1-3H3,(H,21,22)(H,25,26)/t15-,16+/m0/s1. The van der Waals surface area contributed by atoms with E-state index in [-0.39, 0.29) is 18.4 Å². The molecule has 1 saturated heterocycles. The van der Waals surface area contributed by atoms with Gasteiger partial charge in [-0.05, 0) is 31.0 Å². The Kier molecular flexibility index (Phi) is 5.48. The van der Waals surface area contributed by atoms with Crippen LogP contribution in [0.25, 0.3) is 0 Å². The number of likely N-dealkylation sites (tertiary alicyclic amines) is 1. The van der Waals surface area contributed by atoms with Crippen molar-refractivity contribution in [3.63, 3.8) is 0 Å². The lowest BCUT2D eigenvalue weighted by Gasteiger charge is -2.18. The van der Waals surface area contributed by atoms with Crippen LogP contribution in [-0.4, -0.2) is 52.3 Å². The number of hydrogen-bond acceptors (Lipinski definition) is 4. The molecule has 2 N–H and O–H groups in total. The van der Waals surface area contributed by atoms with Crippen molar-refractivity contribution in [2.24, 2.45) is 5.92 Å². The van der Waals surface area contributed by atoms with Gasteiger partial charge in [-0.25, -0.2) is 0 Å². The number of para-hydroxylation sites is 1. The Bertz CT molecular complexity index is 846. The van der Waals surface area contributed by atoms with Gasteiger partial charge >= 0.3 is 5.97 Å². The first kappa shape index (κ1) is 18.9. The number of carbonyl (C=O) groups is 2. The van der Waals surface area contributed by atoms with Gasteiger partial charge in [0, 0.05) is 37.5 Å². The molecule has 0 saturated carbocycles. The number of aromatic amines is 1. The van der Waals surface area contributed by atoms with E-state index < -0.39 is 11.9 Å². The molecule has 0 spiro atoms. The normalized spacial score (nSPS) is 19.3. The number of rotatable bonds is 6. The summed E-state index contributed by atoms with van der Waals surface area (Å²) in [6, 6.07) is 7.42. The van der Waals surface area contributed by atoms with E-state index in [1.165, 1.54) is 0 Å². The van der Waals surface area contributed by atoms with Crippen molar-refractivity contribution >= 4 is 11.9 Å². The van der Waals surface area contributed by atoms with E-state index in [1.807, 2.05) is 38.1 Å². The first-order valence-electron chi connectivity index (χ1n) is 9.06. The van der Waals surface area contributed by atoms with Crippen LogP contribution in [0.15, 0.2) is 24.3 Å².